The van der Waals surface area contributed by atoms with Gasteiger partial charge < -0.3 is 9.64 Å². The molecule has 2 aliphatic heterocycles. The molecule has 9 nitrogen and oxygen atoms in total. The number of fused-ring (bicyclic) bond motifs is 4. The highest BCUT2D eigenvalue weighted by molar-refractivity contribution is 7.92. The number of methoxy groups -OCH3 is 1. The largest absolute Gasteiger partial charge is 0.493 e. The van der Waals surface area contributed by atoms with Crippen molar-refractivity contribution in [3.05, 3.63) is 82.9 Å². The molecule has 3 atom stereocenters. The lowest BCUT2D eigenvalue weighted by Gasteiger charge is -2.33. The number of hydrogen-bond donors (Lipinski definition) is 1. The third-order valence-electron chi connectivity index (χ3n) is 9.82. The summed E-state index contributed by atoms with van der Waals surface area (Å²) < 4.78 is 36.7. The van der Waals surface area contributed by atoms with Gasteiger partial charge in [-0.25, -0.2) is 28.1 Å². The second-order valence-electron chi connectivity index (χ2n) is 14.7. The minimum absolute atomic E-state index is 0.00950. The summed E-state index contributed by atoms with van der Waals surface area (Å²) in [5.41, 5.74) is 6.16. The summed E-state index contributed by atoms with van der Waals surface area (Å²) in [6.07, 6.45) is 9.00. The van der Waals surface area contributed by atoms with E-state index in [0.717, 1.165) is 66.0 Å². The fourth-order valence-electron chi connectivity index (χ4n) is 7.62. The van der Waals surface area contributed by atoms with E-state index in [-0.39, 0.29) is 28.1 Å². The zero-order valence-electron chi connectivity index (χ0n) is 29.2. The van der Waals surface area contributed by atoms with Crippen molar-refractivity contribution in [2.75, 3.05) is 23.3 Å². The first-order valence-corrected chi connectivity index (χ1v) is 18.5. The standard InChI is InChI=1S/C38H48N6O3S/c1-24-11-8-12-25(2)34(24)35-36(47-7)32-17-16-28(21-38(4,5)6)31(20-29-22-39-23-33(40-29)44-18-10-13-26(44)3)27-14-9-15-30(19-27)48(45,46)43-37(41-32)42-35/h8-9,11-12,14-15,19,22-23,26,28,31H,10,13,16-18,20-21H2,1-7H3,(H,41,42,43)/t26-,28+,31?/m1/s1. The van der Waals surface area contributed by atoms with E-state index in [9.17, 15) is 8.42 Å². The molecule has 2 aromatic heterocycles. The number of aryl methyl sites for hydroxylation is 3. The lowest BCUT2D eigenvalue weighted by atomic mass is 9.72. The number of hydrogen-bond acceptors (Lipinski definition) is 8. The maximum atomic E-state index is 14.0. The van der Waals surface area contributed by atoms with Crippen LogP contribution >= 0.6 is 0 Å². The molecule has 0 spiro atoms. The van der Waals surface area contributed by atoms with Crippen molar-refractivity contribution in [1.29, 1.82) is 0 Å². The first kappa shape index (κ1) is 33.8. The number of benzene rings is 2. The van der Waals surface area contributed by atoms with Crippen molar-refractivity contribution in [1.82, 2.24) is 19.9 Å². The molecule has 4 aromatic rings. The Labute approximate surface area is 285 Å². The molecule has 48 heavy (non-hydrogen) atoms. The van der Waals surface area contributed by atoms with Crippen molar-refractivity contribution in [2.24, 2.45) is 11.3 Å². The lowest BCUT2D eigenvalue weighted by Crippen LogP contribution is -2.28. The fourth-order valence-corrected chi connectivity index (χ4v) is 8.62. The fraction of sp³-hybridized carbons (Fsp3) is 0.474. The topological polar surface area (TPSA) is 110 Å². The van der Waals surface area contributed by atoms with Gasteiger partial charge in [0.2, 0.25) is 5.95 Å². The summed E-state index contributed by atoms with van der Waals surface area (Å²) in [5, 5.41) is 0. The Balaban J connectivity index is 1.49. The number of aromatic nitrogens is 4. The normalized spacial score (nSPS) is 20.8. The molecule has 0 radical (unpaired) electrons. The molecule has 4 heterocycles. The molecule has 10 heteroatoms. The van der Waals surface area contributed by atoms with Gasteiger partial charge >= 0.3 is 0 Å². The van der Waals surface area contributed by atoms with Crippen molar-refractivity contribution in [3.8, 4) is 17.0 Å². The van der Waals surface area contributed by atoms with Gasteiger partial charge in [-0.3, -0.25) is 4.98 Å². The van der Waals surface area contributed by atoms with Crippen LogP contribution in [-0.2, 0) is 22.9 Å². The number of sulfonamides is 1. The van der Waals surface area contributed by atoms with Crippen LogP contribution in [-0.4, -0.2) is 48.1 Å². The van der Waals surface area contributed by atoms with E-state index in [1.165, 1.54) is 0 Å². The molecular weight excluding hydrogens is 621 g/mol. The number of rotatable bonds is 6. The number of nitrogens with one attached hydrogen (secondary N) is 1. The molecule has 254 valence electrons. The maximum absolute atomic E-state index is 14.0. The molecule has 0 saturated carbocycles. The third kappa shape index (κ3) is 7.18. The van der Waals surface area contributed by atoms with E-state index in [2.05, 4.69) is 48.4 Å². The van der Waals surface area contributed by atoms with Crippen molar-refractivity contribution >= 4 is 21.8 Å². The Kier molecular flexibility index (Phi) is 9.48. The van der Waals surface area contributed by atoms with Crippen molar-refractivity contribution < 1.29 is 13.2 Å². The van der Waals surface area contributed by atoms with Gasteiger partial charge in [0.25, 0.3) is 10.0 Å². The molecule has 4 bridgehead atoms. The first-order chi connectivity index (χ1) is 22.8. The van der Waals surface area contributed by atoms with Gasteiger partial charge in [-0.1, -0.05) is 51.1 Å². The number of nitrogens with zero attached hydrogens (tertiary/aromatic N) is 5. The zero-order chi connectivity index (χ0) is 34.2. The molecule has 2 aliphatic rings. The van der Waals surface area contributed by atoms with Crippen LogP contribution in [0.4, 0.5) is 11.8 Å². The average Bonchev–Trinajstić information content (AvgIpc) is 3.46. The number of ether oxygens (including phenoxy) is 1. The van der Waals surface area contributed by atoms with Crippen LogP contribution in [0.25, 0.3) is 11.3 Å². The number of anilines is 2. The minimum atomic E-state index is -4.01. The average molecular weight is 669 g/mol. The van der Waals surface area contributed by atoms with Crippen LogP contribution in [0, 0.1) is 25.2 Å². The van der Waals surface area contributed by atoms with Gasteiger partial charge in [-0.2, -0.15) is 0 Å². The van der Waals surface area contributed by atoms with Crippen LogP contribution in [0.5, 0.6) is 5.75 Å². The zero-order valence-corrected chi connectivity index (χ0v) is 30.1. The van der Waals surface area contributed by atoms with Gasteiger partial charge in [0.1, 0.15) is 11.5 Å². The third-order valence-corrected chi connectivity index (χ3v) is 11.1. The molecule has 1 saturated heterocycles. The Morgan fingerprint density at radius 3 is 2.44 bits per heavy atom. The molecule has 0 aliphatic carbocycles. The highest BCUT2D eigenvalue weighted by Gasteiger charge is 2.32. The maximum Gasteiger partial charge on any atom is 0.264 e. The second-order valence-corrected chi connectivity index (χ2v) is 16.4. The van der Waals surface area contributed by atoms with Crippen LogP contribution in [0.15, 0.2) is 59.8 Å². The van der Waals surface area contributed by atoms with Gasteiger partial charge in [0.05, 0.1) is 29.6 Å². The summed E-state index contributed by atoms with van der Waals surface area (Å²) in [7, 11) is -2.37. The van der Waals surface area contributed by atoms with E-state index < -0.39 is 10.0 Å². The Morgan fingerprint density at radius 1 is 1.00 bits per heavy atom. The second kappa shape index (κ2) is 13.5. The Hall–Kier alpha value is -4.05. The lowest BCUT2D eigenvalue weighted by molar-refractivity contribution is 0.246. The predicted octanol–water partition coefficient (Wildman–Crippen LogP) is 7.67. The molecule has 0 amide bonds. The Morgan fingerprint density at radius 2 is 1.75 bits per heavy atom. The molecule has 1 fully saturated rings. The van der Waals surface area contributed by atoms with E-state index in [1.54, 1.807) is 13.2 Å². The SMILES string of the molecule is COc1c2nc(nc1-c1c(C)cccc1C)NS(=O)(=O)c1cccc(c1)C(Cc1cncc(N3CCC[C@H]3C)n1)[C@H](CC(C)(C)C)CC2. The van der Waals surface area contributed by atoms with E-state index >= 15 is 0 Å². The predicted molar refractivity (Wildman–Crippen MR) is 191 cm³/mol. The van der Waals surface area contributed by atoms with Gasteiger partial charge in [0.15, 0.2) is 5.75 Å². The quantitative estimate of drug-likeness (QED) is 0.223. The Bertz CT molecular complexity index is 1880. The summed E-state index contributed by atoms with van der Waals surface area (Å²) in [6, 6.07) is 13.9. The summed E-state index contributed by atoms with van der Waals surface area (Å²) >= 11 is 0. The van der Waals surface area contributed by atoms with Crippen LogP contribution in [0.1, 0.15) is 87.4 Å². The monoisotopic (exact) mass is 668 g/mol. The summed E-state index contributed by atoms with van der Waals surface area (Å²) in [6.45, 7) is 14.1. The van der Waals surface area contributed by atoms with Gasteiger partial charge in [-0.05, 0) is 105 Å². The van der Waals surface area contributed by atoms with Crippen LogP contribution < -0.4 is 14.4 Å². The van der Waals surface area contributed by atoms with Gasteiger partial charge in [0, 0.05) is 24.3 Å². The molecular formula is C38H48N6O3S. The first-order valence-electron chi connectivity index (χ1n) is 17.0. The van der Waals surface area contributed by atoms with E-state index in [4.69, 9.17) is 19.7 Å². The van der Waals surface area contributed by atoms with Crippen molar-refractivity contribution in [2.45, 2.75) is 96.9 Å². The van der Waals surface area contributed by atoms with E-state index in [1.807, 2.05) is 56.6 Å². The van der Waals surface area contributed by atoms with Crippen LogP contribution in [0.2, 0.25) is 0 Å². The van der Waals surface area contributed by atoms with Crippen LogP contribution in [0.3, 0.4) is 0 Å². The molecule has 6 rings (SSSR count). The van der Waals surface area contributed by atoms with E-state index in [0.29, 0.717) is 36.0 Å². The molecule has 2 aromatic carbocycles. The molecule has 1 unspecified atom stereocenters. The molecule has 1 N–H and O–H groups in total. The smallest absolute Gasteiger partial charge is 0.264 e. The summed E-state index contributed by atoms with van der Waals surface area (Å²) in [4.78, 5) is 21.9. The highest BCUT2D eigenvalue weighted by atomic mass is 32.2. The van der Waals surface area contributed by atoms with Gasteiger partial charge in [-0.15, -0.1) is 0 Å². The minimum Gasteiger partial charge on any atom is -0.493 e. The highest BCUT2D eigenvalue weighted by Crippen LogP contribution is 2.42. The van der Waals surface area contributed by atoms with Crippen molar-refractivity contribution in [3.63, 3.8) is 0 Å². The summed E-state index contributed by atoms with van der Waals surface area (Å²) in [5.74, 6) is 1.70.